The zero-order chi connectivity index (χ0) is 17.4. The summed E-state index contributed by atoms with van der Waals surface area (Å²) >= 11 is 7.36. The van der Waals surface area contributed by atoms with Gasteiger partial charge in [-0.2, -0.15) is 0 Å². The smallest absolute Gasteiger partial charge is 0.174 e. The average molecular weight is 369 g/mol. The third-order valence-corrected chi connectivity index (χ3v) is 5.64. The normalized spacial score (nSPS) is 19.9. The number of aromatic nitrogens is 1. The van der Waals surface area contributed by atoms with Gasteiger partial charge in [-0.15, -0.1) is 11.3 Å². The van der Waals surface area contributed by atoms with E-state index in [1.54, 1.807) is 29.7 Å². The second kappa shape index (κ2) is 6.54. The number of anilines is 1. The molecule has 6 heteroatoms. The third kappa shape index (κ3) is 3.03. The van der Waals surface area contributed by atoms with Gasteiger partial charge in [-0.3, -0.25) is 4.98 Å². The minimum absolute atomic E-state index is 0.0217. The van der Waals surface area contributed by atoms with Gasteiger partial charge in [0.25, 0.3) is 0 Å². The highest BCUT2D eigenvalue weighted by atomic mass is 32.1. The lowest BCUT2D eigenvalue weighted by molar-refractivity contribution is 0.575. The van der Waals surface area contributed by atoms with E-state index in [1.807, 2.05) is 18.2 Å². The molecule has 0 bridgehead atoms. The quantitative estimate of drug-likeness (QED) is 0.673. The fourth-order valence-corrected chi connectivity index (χ4v) is 4.49. The molecule has 1 fully saturated rings. The van der Waals surface area contributed by atoms with Crippen molar-refractivity contribution in [3.05, 3.63) is 82.1 Å². The fourth-order valence-electron chi connectivity index (χ4n) is 3.14. The monoisotopic (exact) mass is 369 g/mol. The molecule has 1 aromatic carbocycles. The van der Waals surface area contributed by atoms with Crippen LogP contribution in [-0.2, 0) is 0 Å². The van der Waals surface area contributed by atoms with E-state index in [0.29, 0.717) is 5.11 Å². The number of thiophene rings is 1. The van der Waals surface area contributed by atoms with E-state index in [2.05, 4.69) is 34.3 Å². The van der Waals surface area contributed by atoms with Crippen molar-refractivity contribution in [2.45, 2.75) is 19.0 Å². The van der Waals surface area contributed by atoms with Crippen molar-refractivity contribution in [2.24, 2.45) is 0 Å². The Morgan fingerprint density at radius 1 is 1.12 bits per heavy atom. The molecule has 1 saturated heterocycles. The lowest BCUT2D eigenvalue weighted by Crippen LogP contribution is -2.29. The Hall–Kier alpha value is -2.31. The summed E-state index contributed by atoms with van der Waals surface area (Å²) in [5.41, 5.74) is 1.80. The maximum atomic E-state index is 13.4. The Labute approximate surface area is 155 Å². The molecule has 3 aromatic rings. The van der Waals surface area contributed by atoms with Crippen molar-refractivity contribution in [3.8, 4) is 0 Å². The summed E-state index contributed by atoms with van der Waals surface area (Å²) in [5, 5.41) is 4.02. The summed E-state index contributed by atoms with van der Waals surface area (Å²) in [6.07, 6.45) is 1.79. The molecule has 1 N–H and O–H groups in total. The SMILES string of the molecule is Cc1ccc([C@H]2[C@@H](c3ccccn3)NC(=S)N2c2ccc(F)cc2)s1. The molecule has 0 aliphatic carbocycles. The first kappa shape index (κ1) is 16.2. The van der Waals surface area contributed by atoms with Crippen molar-refractivity contribution in [1.82, 2.24) is 10.3 Å². The van der Waals surface area contributed by atoms with Crippen molar-refractivity contribution < 1.29 is 4.39 Å². The van der Waals surface area contributed by atoms with Gasteiger partial charge in [0.15, 0.2) is 5.11 Å². The van der Waals surface area contributed by atoms with E-state index in [4.69, 9.17) is 12.2 Å². The molecule has 126 valence electrons. The van der Waals surface area contributed by atoms with Crippen molar-refractivity contribution in [1.29, 1.82) is 0 Å². The molecule has 0 radical (unpaired) electrons. The second-order valence-electron chi connectivity index (χ2n) is 5.92. The van der Waals surface area contributed by atoms with Crippen LogP contribution in [0.5, 0.6) is 0 Å². The van der Waals surface area contributed by atoms with Gasteiger partial charge in [0.05, 0.1) is 17.8 Å². The number of nitrogens with one attached hydrogen (secondary N) is 1. The summed E-state index contributed by atoms with van der Waals surface area (Å²) in [4.78, 5) is 9.01. The minimum Gasteiger partial charge on any atom is -0.351 e. The third-order valence-electron chi connectivity index (χ3n) is 4.26. The van der Waals surface area contributed by atoms with E-state index < -0.39 is 0 Å². The number of aryl methyl sites for hydroxylation is 1. The summed E-state index contributed by atoms with van der Waals surface area (Å²) in [7, 11) is 0. The first-order valence-corrected chi connectivity index (χ1v) is 9.18. The number of hydrogen-bond acceptors (Lipinski definition) is 3. The number of hydrogen-bond donors (Lipinski definition) is 1. The number of benzene rings is 1. The predicted octanol–water partition coefficient (Wildman–Crippen LogP) is 4.77. The standard InChI is InChI=1S/C19H16FN3S2/c1-12-5-10-16(25-12)18-17(15-4-2-3-11-21-15)22-19(24)23(18)14-8-6-13(20)7-9-14/h2-11,17-18H,1H3,(H,22,24)/t17-,18+/m1/s1. The summed E-state index contributed by atoms with van der Waals surface area (Å²) in [6, 6.07) is 16.5. The van der Waals surface area contributed by atoms with E-state index in [0.717, 1.165) is 11.4 Å². The molecular weight excluding hydrogens is 353 g/mol. The molecule has 2 atom stereocenters. The molecular formula is C19H16FN3S2. The summed E-state index contributed by atoms with van der Waals surface area (Å²) in [5.74, 6) is -0.258. The largest absolute Gasteiger partial charge is 0.351 e. The van der Waals surface area contributed by atoms with Gasteiger partial charge in [-0.05, 0) is 67.7 Å². The maximum Gasteiger partial charge on any atom is 0.174 e. The average Bonchev–Trinajstić information content (AvgIpc) is 3.20. The second-order valence-corrected chi connectivity index (χ2v) is 7.63. The molecule has 1 aliphatic rings. The van der Waals surface area contributed by atoms with Crippen molar-refractivity contribution >= 4 is 34.4 Å². The van der Waals surface area contributed by atoms with Crippen LogP contribution in [0.15, 0.2) is 60.8 Å². The van der Waals surface area contributed by atoms with Crippen LogP contribution >= 0.6 is 23.6 Å². The molecule has 2 aromatic heterocycles. The Morgan fingerprint density at radius 3 is 2.56 bits per heavy atom. The number of pyridine rings is 1. The molecule has 3 heterocycles. The fraction of sp³-hybridized carbons (Fsp3) is 0.158. The first-order valence-electron chi connectivity index (χ1n) is 7.96. The van der Waals surface area contributed by atoms with Crippen LogP contribution in [-0.4, -0.2) is 10.1 Å². The summed E-state index contributed by atoms with van der Waals surface area (Å²) < 4.78 is 13.4. The number of nitrogens with zero attached hydrogens (tertiary/aromatic N) is 2. The minimum atomic E-state index is -0.258. The van der Waals surface area contributed by atoms with Crippen LogP contribution < -0.4 is 10.2 Å². The molecule has 0 unspecified atom stereocenters. The van der Waals surface area contributed by atoms with Crippen LogP contribution in [0.25, 0.3) is 0 Å². The van der Waals surface area contributed by atoms with Crippen molar-refractivity contribution in [2.75, 3.05) is 4.90 Å². The van der Waals surface area contributed by atoms with Gasteiger partial charge < -0.3 is 10.2 Å². The van der Waals surface area contributed by atoms with E-state index in [-0.39, 0.29) is 17.9 Å². The highest BCUT2D eigenvalue weighted by Gasteiger charge is 2.41. The zero-order valence-electron chi connectivity index (χ0n) is 13.5. The molecule has 3 nitrogen and oxygen atoms in total. The highest BCUT2D eigenvalue weighted by Crippen LogP contribution is 2.43. The van der Waals surface area contributed by atoms with Crippen molar-refractivity contribution in [3.63, 3.8) is 0 Å². The van der Waals surface area contributed by atoms with Crippen LogP contribution in [0.4, 0.5) is 10.1 Å². The van der Waals surface area contributed by atoms with Gasteiger partial charge in [0.2, 0.25) is 0 Å². The molecule has 0 spiro atoms. The van der Waals surface area contributed by atoms with Gasteiger partial charge in [-0.25, -0.2) is 4.39 Å². The summed E-state index contributed by atoms with van der Waals surface area (Å²) in [6.45, 7) is 2.09. The van der Waals surface area contributed by atoms with E-state index in [9.17, 15) is 4.39 Å². The number of halogens is 1. The molecule has 4 rings (SSSR count). The molecule has 25 heavy (non-hydrogen) atoms. The number of thiocarbonyl (C=S) groups is 1. The topological polar surface area (TPSA) is 28.2 Å². The highest BCUT2D eigenvalue weighted by molar-refractivity contribution is 7.80. The van der Waals surface area contributed by atoms with Crippen LogP contribution in [0.3, 0.4) is 0 Å². The first-order chi connectivity index (χ1) is 12.1. The van der Waals surface area contributed by atoms with Gasteiger partial charge in [0, 0.05) is 21.6 Å². The van der Waals surface area contributed by atoms with Gasteiger partial charge in [-0.1, -0.05) is 6.07 Å². The van der Waals surface area contributed by atoms with Crippen LogP contribution in [0, 0.1) is 12.7 Å². The Bertz CT molecular complexity index is 893. The number of rotatable bonds is 3. The lowest BCUT2D eigenvalue weighted by atomic mass is 10.0. The van der Waals surface area contributed by atoms with Crippen LogP contribution in [0.2, 0.25) is 0 Å². The Kier molecular flexibility index (Phi) is 4.23. The predicted molar refractivity (Wildman–Crippen MR) is 103 cm³/mol. The van der Waals surface area contributed by atoms with E-state index in [1.165, 1.54) is 21.9 Å². The van der Waals surface area contributed by atoms with E-state index >= 15 is 0 Å². The zero-order valence-corrected chi connectivity index (χ0v) is 15.2. The Morgan fingerprint density at radius 2 is 1.92 bits per heavy atom. The van der Waals surface area contributed by atoms with Crippen LogP contribution in [0.1, 0.15) is 27.5 Å². The maximum absolute atomic E-state index is 13.4. The molecule has 0 saturated carbocycles. The lowest BCUT2D eigenvalue weighted by Gasteiger charge is -2.26. The van der Waals surface area contributed by atoms with Gasteiger partial charge >= 0.3 is 0 Å². The molecule has 0 amide bonds. The Balaban J connectivity index is 1.81. The molecule has 1 aliphatic heterocycles. The van der Waals surface area contributed by atoms with Gasteiger partial charge in [0.1, 0.15) is 5.82 Å².